The number of hydrogen-bond acceptors (Lipinski definition) is 6. The highest BCUT2D eigenvalue weighted by Gasteiger charge is 2.93. The summed E-state index contributed by atoms with van der Waals surface area (Å²) < 4.78 is 16.9. The predicted octanol–water partition coefficient (Wildman–Crippen LogP) is -0.618. The first-order chi connectivity index (χ1) is 9.78. The lowest BCUT2D eigenvalue weighted by Gasteiger charge is -2.53. The molecule has 3 heterocycles. The summed E-state index contributed by atoms with van der Waals surface area (Å²) in [6.07, 6.45) is -2.02. The summed E-state index contributed by atoms with van der Waals surface area (Å²) in [7, 11) is 0. The van der Waals surface area contributed by atoms with E-state index in [1.54, 1.807) is 6.92 Å². The maximum Gasteiger partial charge on any atom is 0.313 e. The van der Waals surface area contributed by atoms with Crippen molar-refractivity contribution in [2.75, 3.05) is 6.61 Å². The van der Waals surface area contributed by atoms with Gasteiger partial charge in [-0.05, 0) is 6.92 Å². The number of epoxide rings is 1. The average molecular weight is 294 g/mol. The molecule has 0 radical (unpaired) electrons. The second-order valence-electron chi connectivity index (χ2n) is 7.41. The van der Waals surface area contributed by atoms with E-state index in [9.17, 15) is 15.0 Å². The predicted molar refractivity (Wildman–Crippen MR) is 68.1 cm³/mol. The monoisotopic (exact) mass is 294 g/mol. The Bertz CT molecular complexity index is 603. The van der Waals surface area contributed by atoms with E-state index in [0.29, 0.717) is 0 Å². The highest BCUT2D eigenvalue weighted by molar-refractivity contribution is 5.80. The summed E-state index contributed by atoms with van der Waals surface area (Å²) in [5.74, 6) is -1.48. The van der Waals surface area contributed by atoms with Gasteiger partial charge in [0.1, 0.15) is 35.6 Å². The van der Waals surface area contributed by atoms with Gasteiger partial charge in [-0.25, -0.2) is 0 Å². The van der Waals surface area contributed by atoms with Crippen LogP contribution in [0, 0.1) is 17.3 Å². The Morgan fingerprint density at radius 3 is 2.71 bits per heavy atom. The molecule has 21 heavy (non-hydrogen) atoms. The van der Waals surface area contributed by atoms with Crippen LogP contribution in [0.4, 0.5) is 0 Å². The molecule has 0 spiro atoms. The summed E-state index contributed by atoms with van der Waals surface area (Å²) in [6.45, 7) is 7.69. The first kappa shape index (κ1) is 12.6. The minimum absolute atomic E-state index is 0.0985. The summed E-state index contributed by atoms with van der Waals surface area (Å²) in [5.41, 5.74) is -2.90. The lowest BCUT2D eigenvalue weighted by atomic mass is 9.52. The van der Waals surface area contributed by atoms with E-state index >= 15 is 0 Å². The van der Waals surface area contributed by atoms with Crippen molar-refractivity contribution in [2.24, 2.45) is 17.3 Å². The van der Waals surface area contributed by atoms with Gasteiger partial charge >= 0.3 is 5.97 Å². The molecule has 2 aliphatic carbocycles. The molecule has 0 aromatic heterocycles. The molecule has 1 unspecified atom stereocenters. The molecule has 5 aliphatic rings. The fourth-order valence-electron chi connectivity index (χ4n) is 5.65. The van der Waals surface area contributed by atoms with E-state index in [1.165, 1.54) is 0 Å². The van der Waals surface area contributed by atoms with E-state index in [4.69, 9.17) is 14.2 Å². The molecule has 0 amide bonds. The maximum absolute atomic E-state index is 12.4. The van der Waals surface area contributed by atoms with Gasteiger partial charge in [-0.15, -0.1) is 0 Å². The van der Waals surface area contributed by atoms with Crippen molar-refractivity contribution in [1.29, 1.82) is 0 Å². The van der Waals surface area contributed by atoms with Crippen LogP contribution in [0.3, 0.4) is 0 Å². The summed E-state index contributed by atoms with van der Waals surface area (Å²) in [5, 5.41) is 22.5. The molecule has 9 atom stereocenters. The molecule has 3 saturated heterocycles. The van der Waals surface area contributed by atoms with Gasteiger partial charge in [0.05, 0.1) is 17.9 Å². The quantitative estimate of drug-likeness (QED) is 0.381. The lowest BCUT2D eigenvalue weighted by Crippen LogP contribution is -2.70. The smallest absolute Gasteiger partial charge is 0.313 e. The van der Waals surface area contributed by atoms with E-state index < -0.39 is 52.9 Å². The van der Waals surface area contributed by atoms with Crippen LogP contribution < -0.4 is 0 Å². The van der Waals surface area contributed by atoms with Crippen LogP contribution in [0.25, 0.3) is 0 Å². The SMILES string of the molecule is C=C(C)[C@@H]1[C@@H]2OC(=O)[C@H]1[C@]1(O)[C@H]3O[C@H]3[C@]3(O)COC2[C@]13C. The molecular formula is C15H18O6. The van der Waals surface area contributed by atoms with Crippen molar-refractivity contribution in [3.63, 3.8) is 0 Å². The number of rotatable bonds is 1. The molecule has 0 aromatic carbocycles. The van der Waals surface area contributed by atoms with Gasteiger partial charge in [0.2, 0.25) is 0 Å². The van der Waals surface area contributed by atoms with E-state index in [-0.39, 0.29) is 12.5 Å². The minimum Gasteiger partial charge on any atom is -0.459 e. The molecule has 0 aromatic rings. The molecule has 6 heteroatoms. The Hall–Kier alpha value is -0.950. The Kier molecular flexibility index (Phi) is 1.83. The van der Waals surface area contributed by atoms with Crippen molar-refractivity contribution in [3.8, 4) is 0 Å². The highest BCUT2D eigenvalue weighted by atomic mass is 16.7. The van der Waals surface area contributed by atoms with Gasteiger partial charge in [-0.2, -0.15) is 0 Å². The van der Waals surface area contributed by atoms with E-state index in [0.717, 1.165) is 5.57 Å². The summed E-state index contributed by atoms with van der Waals surface area (Å²) in [6, 6.07) is 0. The molecule has 2 N–H and O–H groups in total. The van der Waals surface area contributed by atoms with Gasteiger partial charge in [0, 0.05) is 5.92 Å². The summed E-state index contributed by atoms with van der Waals surface area (Å²) >= 11 is 0. The zero-order chi connectivity index (χ0) is 14.9. The van der Waals surface area contributed by atoms with Gasteiger partial charge in [-0.3, -0.25) is 4.79 Å². The number of fused-ring (bicyclic) bond motifs is 7. The van der Waals surface area contributed by atoms with Crippen LogP contribution in [0.1, 0.15) is 13.8 Å². The summed E-state index contributed by atoms with van der Waals surface area (Å²) in [4.78, 5) is 12.4. The van der Waals surface area contributed by atoms with Crippen LogP contribution >= 0.6 is 0 Å². The number of aliphatic hydroxyl groups is 2. The first-order valence-electron chi connectivity index (χ1n) is 7.36. The molecule has 2 bridgehead atoms. The van der Waals surface area contributed by atoms with Crippen LogP contribution in [0.15, 0.2) is 12.2 Å². The van der Waals surface area contributed by atoms with E-state index in [2.05, 4.69) is 6.58 Å². The van der Waals surface area contributed by atoms with Crippen LogP contribution in [-0.4, -0.2) is 58.4 Å². The fraction of sp³-hybridized carbons (Fsp3) is 0.800. The van der Waals surface area contributed by atoms with Gasteiger partial charge in [0.15, 0.2) is 0 Å². The number of carbonyl (C=O) groups excluding carboxylic acids is 1. The minimum atomic E-state index is -1.47. The average Bonchev–Trinajstić information content (AvgIpc) is 3.05. The topological polar surface area (TPSA) is 88.5 Å². The van der Waals surface area contributed by atoms with Crippen molar-refractivity contribution >= 4 is 5.97 Å². The second-order valence-corrected chi connectivity index (χ2v) is 7.41. The molecule has 5 fully saturated rings. The number of esters is 1. The third-order valence-corrected chi connectivity index (χ3v) is 6.74. The van der Waals surface area contributed by atoms with Crippen molar-refractivity contribution in [2.45, 2.75) is 49.5 Å². The fourth-order valence-corrected chi connectivity index (χ4v) is 5.65. The van der Waals surface area contributed by atoms with Crippen LogP contribution in [0.5, 0.6) is 0 Å². The van der Waals surface area contributed by atoms with Crippen molar-refractivity contribution in [1.82, 2.24) is 0 Å². The number of hydrogen-bond donors (Lipinski definition) is 2. The second kappa shape index (κ2) is 3.06. The Labute approximate surface area is 121 Å². The third-order valence-electron chi connectivity index (χ3n) is 6.74. The van der Waals surface area contributed by atoms with Gasteiger partial charge in [0.25, 0.3) is 0 Å². The third kappa shape index (κ3) is 0.933. The first-order valence-corrected chi connectivity index (χ1v) is 7.36. The largest absolute Gasteiger partial charge is 0.459 e. The van der Waals surface area contributed by atoms with Gasteiger partial charge in [-0.1, -0.05) is 19.1 Å². The molecule has 3 aliphatic heterocycles. The van der Waals surface area contributed by atoms with Crippen molar-refractivity contribution < 1.29 is 29.2 Å². The highest BCUT2D eigenvalue weighted by Crippen LogP contribution is 2.74. The zero-order valence-corrected chi connectivity index (χ0v) is 11.9. The normalized spacial score (nSPS) is 65.8. The molecule has 114 valence electrons. The van der Waals surface area contributed by atoms with Crippen LogP contribution in [-0.2, 0) is 19.0 Å². The molecular weight excluding hydrogens is 276 g/mol. The zero-order valence-electron chi connectivity index (χ0n) is 11.9. The van der Waals surface area contributed by atoms with E-state index in [1.807, 2.05) is 6.92 Å². The number of carbonyl (C=O) groups is 1. The Balaban J connectivity index is 1.79. The number of ether oxygens (including phenoxy) is 3. The lowest BCUT2D eigenvalue weighted by molar-refractivity contribution is -0.227. The van der Waals surface area contributed by atoms with Crippen molar-refractivity contribution in [3.05, 3.63) is 12.2 Å². The molecule has 5 rings (SSSR count). The maximum atomic E-state index is 12.4. The molecule has 6 nitrogen and oxygen atoms in total. The molecule has 2 saturated carbocycles. The standard InChI is InChI=1S/C15H18O6/c1-5(2)6-7-12(16)20-8(6)9-13(3)14(17,4-19-9)10-11(21-10)15(7,13)18/h6-11,17-18H,1,4H2,2-3H3/t6-,7-,8-,9?,10+,11-,13-,14+,15-/m0/s1. The Morgan fingerprint density at radius 2 is 2.05 bits per heavy atom. The van der Waals surface area contributed by atoms with Gasteiger partial charge < -0.3 is 24.4 Å². The Morgan fingerprint density at radius 1 is 1.33 bits per heavy atom. The van der Waals surface area contributed by atoms with Crippen LogP contribution in [0.2, 0.25) is 0 Å².